The highest BCUT2D eigenvalue weighted by atomic mass is 35.5. The normalized spacial score (nSPS) is 13.9. The van der Waals surface area contributed by atoms with E-state index in [0.29, 0.717) is 0 Å². The quantitative estimate of drug-likeness (QED) is 0.687. The second kappa shape index (κ2) is 9.48. The Balaban J connectivity index is 0.00000280. The molecule has 0 radical (unpaired) electrons. The summed E-state index contributed by atoms with van der Waals surface area (Å²) in [6, 6.07) is 17.3. The number of halogens is 1. The molecule has 6 nitrogen and oxygen atoms in total. The lowest BCUT2D eigenvalue weighted by Crippen LogP contribution is -2.38. The molecule has 0 aliphatic carbocycles. The van der Waals surface area contributed by atoms with Crippen molar-refractivity contribution in [2.45, 2.75) is 25.9 Å². The van der Waals surface area contributed by atoms with E-state index in [4.69, 9.17) is 5.73 Å². The van der Waals surface area contributed by atoms with E-state index in [1.807, 2.05) is 75.5 Å². The van der Waals surface area contributed by atoms with E-state index in [9.17, 15) is 4.79 Å². The molecule has 3 rings (SSSR count). The van der Waals surface area contributed by atoms with Gasteiger partial charge in [-0.15, -0.1) is 12.4 Å². The van der Waals surface area contributed by atoms with Crippen molar-refractivity contribution < 1.29 is 4.79 Å². The number of nitrogens with two attached hydrogens (primary N) is 1. The van der Waals surface area contributed by atoms with E-state index in [0.717, 1.165) is 16.8 Å². The fraction of sp³-hybridized carbons (Fsp3) is 0.286. The topological polar surface area (TPSA) is 77.0 Å². The number of nitrogens with zero attached hydrogens (tertiary/aromatic N) is 4. The molecule has 0 fully saturated rings. The van der Waals surface area contributed by atoms with Crippen molar-refractivity contribution in [3.05, 3.63) is 78.4 Å². The molecule has 28 heavy (non-hydrogen) atoms. The van der Waals surface area contributed by atoms with E-state index in [-0.39, 0.29) is 36.3 Å². The number of carbonyl (C=O) groups is 1. The molecule has 0 saturated carbocycles. The van der Waals surface area contributed by atoms with Gasteiger partial charge in [0.05, 0.1) is 17.6 Å². The molecule has 0 spiro atoms. The SMILES string of the molecule is CC(C(=O)N(C)C(C)c1ccc(-n2cncn2)cc1)C(N)c1ccccc1.Cl. The first-order valence-electron chi connectivity index (χ1n) is 9.01. The molecule has 2 aromatic carbocycles. The summed E-state index contributed by atoms with van der Waals surface area (Å²) in [5.74, 6) is -0.284. The van der Waals surface area contributed by atoms with Gasteiger partial charge in [0, 0.05) is 13.1 Å². The van der Waals surface area contributed by atoms with Crippen LogP contribution in [0.15, 0.2) is 67.3 Å². The fourth-order valence-corrected chi connectivity index (χ4v) is 3.10. The van der Waals surface area contributed by atoms with E-state index in [1.54, 1.807) is 15.9 Å². The van der Waals surface area contributed by atoms with Crippen LogP contribution in [0.4, 0.5) is 0 Å². The Morgan fingerprint density at radius 2 is 1.68 bits per heavy atom. The Morgan fingerprint density at radius 1 is 1.04 bits per heavy atom. The minimum Gasteiger partial charge on any atom is -0.339 e. The number of hydrogen-bond acceptors (Lipinski definition) is 4. The van der Waals surface area contributed by atoms with Crippen molar-refractivity contribution in [1.82, 2.24) is 19.7 Å². The Hall–Kier alpha value is -2.70. The first-order valence-corrected chi connectivity index (χ1v) is 9.01. The molecule has 2 N–H and O–H groups in total. The summed E-state index contributed by atoms with van der Waals surface area (Å²) in [4.78, 5) is 18.7. The zero-order chi connectivity index (χ0) is 19.4. The highest BCUT2D eigenvalue weighted by molar-refractivity contribution is 5.85. The van der Waals surface area contributed by atoms with Crippen LogP contribution in [0.5, 0.6) is 0 Å². The average molecular weight is 400 g/mol. The minimum atomic E-state index is -0.331. The minimum absolute atomic E-state index is 0. The lowest BCUT2D eigenvalue weighted by atomic mass is 9.93. The third kappa shape index (κ3) is 4.58. The van der Waals surface area contributed by atoms with Gasteiger partial charge in [0.2, 0.25) is 5.91 Å². The maximum atomic E-state index is 12.9. The summed E-state index contributed by atoms with van der Waals surface area (Å²) in [6.07, 6.45) is 3.15. The molecule has 0 aliphatic heterocycles. The Bertz CT molecular complexity index is 868. The largest absolute Gasteiger partial charge is 0.339 e. The van der Waals surface area contributed by atoms with Crippen LogP contribution in [0.2, 0.25) is 0 Å². The van der Waals surface area contributed by atoms with Gasteiger partial charge < -0.3 is 10.6 Å². The van der Waals surface area contributed by atoms with Gasteiger partial charge in [0.25, 0.3) is 0 Å². The third-order valence-corrected chi connectivity index (χ3v) is 5.10. The summed E-state index contributed by atoms with van der Waals surface area (Å²) in [5, 5.41) is 4.12. The first-order chi connectivity index (χ1) is 13.0. The lowest BCUT2D eigenvalue weighted by Gasteiger charge is -2.30. The fourth-order valence-electron chi connectivity index (χ4n) is 3.10. The van der Waals surface area contributed by atoms with Gasteiger partial charge in [-0.1, -0.05) is 49.4 Å². The highest BCUT2D eigenvalue weighted by Crippen LogP contribution is 2.26. The van der Waals surface area contributed by atoms with E-state index in [2.05, 4.69) is 10.1 Å². The van der Waals surface area contributed by atoms with Crippen molar-refractivity contribution in [2.75, 3.05) is 7.05 Å². The van der Waals surface area contributed by atoms with E-state index in [1.165, 1.54) is 6.33 Å². The summed E-state index contributed by atoms with van der Waals surface area (Å²) in [7, 11) is 1.83. The predicted molar refractivity (Wildman–Crippen MR) is 112 cm³/mol. The molecule has 3 unspecified atom stereocenters. The first kappa shape index (κ1) is 21.6. The van der Waals surface area contributed by atoms with Crippen LogP contribution < -0.4 is 5.73 Å². The van der Waals surface area contributed by atoms with Gasteiger partial charge in [-0.25, -0.2) is 9.67 Å². The molecule has 0 saturated heterocycles. The van der Waals surface area contributed by atoms with Crippen molar-refractivity contribution in [3.8, 4) is 5.69 Å². The van der Waals surface area contributed by atoms with Gasteiger partial charge in [-0.05, 0) is 30.2 Å². The van der Waals surface area contributed by atoms with Gasteiger partial charge in [0.1, 0.15) is 12.7 Å². The molecule has 0 bridgehead atoms. The van der Waals surface area contributed by atoms with Gasteiger partial charge in [0.15, 0.2) is 0 Å². The Labute approximate surface area is 171 Å². The van der Waals surface area contributed by atoms with Crippen LogP contribution in [0.25, 0.3) is 5.69 Å². The smallest absolute Gasteiger partial charge is 0.227 e. The molecular formula is C21H26ClN5O. The Morgan fingerprint density at radius 3 is 2.25 bits per heavy atom. The number of hydrogen-bond donors (Lipinski definition) is 1. The molecule has 1 aromatic heterocycles. The predicted octanol–water partition coefficient (Wildman–Crippen LogP) is 3.54. The van der Waals surface area contributed by atoms with Crippen LogP contribution in [-0.2, 0) is 4.79 Å². The van der Waals surface area contributed by atoms with Crippen LogP contribution in [0.3, 0.4) is 0 Å². The van der Waals surface area contributed by atoms with E-state index >= 15 is 0 Å². The number of aromatic nitrogens is 3. The van der Waals surface area contributed by atoms with Gasteiger partial charge >= 0.3 is 0 Å². The monoisotopic (exact) mass is 399 g/mol. The average Bonchev–Trinajstić information content (AvgIpc) is 3.26. The number of rotatable bonds is 6. The lowest BCUT2D eigenvalue weighted by molar-refractivity contribution is -0.136. The van der Waals surface area contributed by atoms with Crippen LogP contribution in [0, 0.1) is 5.92 Å². The van der Waals surface area contributed by atoms with Crippen molar-refractivity contribution in [1.29, 1.82) is 0 Å². The molecule has 3 aromatic rings. The Kier molecular flexibility index (Phi) is 7.31. The van der Waals surface area contributed by atoms with Crippen LogP contribution in [-0.4, -0.2) is 32.6 Å². The maximum absolute atomic E-state index is 12.9. The van der Waals surface area contributed by atoms with Crippen molar-refractivity contribution >= 4 is 18.3 Å². The molecule has 0 aliphatic rings. The van der Waals surface area contributed by atoms with Crippen LogP contribution >= 0.6 is 12.4 Å². The molecular weight excluding hydrogens is 374 g/mol. The summed E-state index contributed by atoms with van der Waals surface area (Å²) in [6.45, 7) is 3.90. The van der Waals surface area contributed by atoms with Crippen LogP contribution in [0.1, 0.15) is 37.1 Å². The highest BCUT2D eigenvalue weighted by Gasteiger charge is 2.27. The number of amides is 1. The van der Waals surface area contributed by atoms with Gasteiger partial charge in [-0.3, -0.25) is 4.79 Å². The summed E-state index contributed by atoms with van der Waals surface area (Å²) >= 11 is 0. The standard InChI is InChI=1S/C21H25N5O.ClH/c1-15(20(22)18-7-5-4-6-8-18)21(27)25(3)16(2)17-9-11-19(12-10-17)26-14-23-13-24-26;/h4-16,20H,22H2,1-3H3;1H. The van der Waals surface area contributed by atoms with E-state index < -0.39 is 0 Å². The molecule has 1 amide bonds. The second-order valence-electron chi connectivity index (χ2n) is 6.78. The van der Waals surface area contributed by atoms with Crippen molar-refractivity contribution in [2.24, 2.45) is 11.7 Å². The molecule has 7 heteroatoms. The molecule has 148 valence electrons. The maximum Gasteiger partial charge on any atom is 0.227 e. The molecule has 1 heterocycles. The zero-order valence-electron chi connectivity index (χ0n) is 16.3. The second-order valence-corrected chi connectivity index (χ2v) is 6.78. The third-order valence-electron chi connectivity index (χ3n) is 5.10. The van der Waals surface area contributed by atoms with Gasteiger partial charge in [-0.2, -0.15) is 5.10 Å². The van der Waals surface area contributed by atoms with Crippen molar-refractivity contribution in [3.63, 3.8) is 0 Å². The number of carbonyl (C=O) groups excluding carboxylic acids is 1. The number of benzene rings is 2. The zero-order valence-corrected chi connectivity index (χ0v) is 17.1. The molecule has 3 atom stereocenters. The summed E-state index contributed by atoms with van der Waals surface area (Å²) < 4.78 is 1.70. The summed E-state index contributed by atoms with van der Waals surface area (Å²) in [5.41, 5.74) is 9.27.